The second-order valence-electron chi connectivity index (χ2n) is 5.46. The van der Waals surface area contributed by atoms with Gasteiger partial charge in [0.1, 0.15) is 0 Å². The van der Waals surface area contributed by atoms with Crippen LogP contribution in [0.1, 0.15) is 24.7 Å². The molecule has 0 amide bonds. The van der Waals surface area contributed by atoms with Crippen molar-refractivity contribution in [3.05, 3.63) is 17.5 Å². The molecular weight excluding hydrogens is 238 g/mol. The first-order valence-corrected chi connectivity index (χ1v) is 7.12. The Bertz CT molecular complexity index is 412. The molecule has 1 aliphatic rings. The molecule has 0 saturated carbocycles. The summed E-state index contributed by atoms with van der Waals surface area (Å²) < 4.78 is 0. The summed E-state index contributed by atoms with van der Waals surface area (Å²) in [6, 6.07) is 2.24. The summed E-state index contributed by atoms with van der Waals surface area (Å²) in [5.74, 6) is 0.867. The average molecular weight is 263 g/mol. The molecule has 0 radical (unpaired) electrons. The van der Waals surface area contributed by atoms with Crippen molar-refractivity contribution in [3.63, 3.8) is 0 Å². The fourth-order valence-corrected chi connectivity index (χ4v) is 2.28. The number of aryl methyl sites for hydroxylation is 1. The van der Waals surface area contributed by atoms with Gasteiger partial charge in [0.15, 0.2) is 0 Å². The van der Waals surface area contributed by atoms with Gasteiger partial charge in [-0.05, 0) is 26.5 Å². The Morgan fingerprint density at radius 2 is 1.95 bits per heavy atom. The van der Waals surface area contributed by atoms with E-state index in [2.05, 4.69) is 39.8 Å². The molecule has 0 aliphatic carbocycles. The number of hydrogen-bond donors (Lipinski definition) is 1. The standard InChI is InChI=1S/C14H25N5/c1-4-12(15)10-13-9-11(2)16-14(17-13)19-7-5-18(3)6-8-19/h9,12H,4-8,10,15H2,1-3H3. The summed E-state index contributed by atoms with van der Waals surface area (Å²) in [7, 11) is 2.15. The SMILES string of the molecule is CCC(N)Cc1cc(C)nc(N2CCN(C)CC2)n1. The van der Waals surface area contributed by atoms with E-state index >= 15 is 0 Å². The maximum Gasteiger partial charge on any atom is 0.225 e. The fraction of sp³-hybridized carbons (Fsp3) is 0.714. The molecule has 1 aromatic rings. The van der Waals surface area contributed by atoms with Crippen LogP contribution in [-0.4, -0.2) is 54.1 Å². The van der Waals surface area contributed by atoms with Crippen LogP contribution in [0.3, 0.4) is 0 Å². The molecule has 0 spiro atoms. The first-order chi connectivity index (χ1) is 9.08. The van der Waals surface area contributed by atoms with Crippen molar-refractivity contribution in [2.24, 2.45) is 5.73 Å². The van der Waals surface area contributed by atoms with Crippen LogP contribution >= 0.6 is 0 Å². The normalized spacial score (nSPS) is 18.6. The molecule has 2 heterocycles. The molecule has 2 N–H and O–H groups in total. The monoisotopic (exact) mass is 263 g/mol. The number of anilines is 1. The Morgan fingerprint density at radius 3 is 2.58 bits per heavy atom. The molecule has 0 bridgehead atoms. The van der Waals surface area contributed by atoms with Crippen LogP contribution in [-0.2, 0) is 6.42 Å². The zero-order valence-corrected chi connectivity index (χ0v) is 12.3. The van der Waals surface area contributed by atoms with Gasteiger partial charge in [0.05, 0.1) is 0 Å². The Hall–Kier alpha value is -1.20. The number of hydrogen-bond acceptors (Lipinski definition) is 5. The second-order valence-corrected chi connectivity index (χ2v) is 5.46. The lowest BCUT2D eigenvalue weighted by atomic mass is 10.1. The predicted molar refractivity (Wildman–Crippen MR) is 78.4 cm³/mol. The third-order valence-corrected chi connectivity index (χ3v) is 3.68. The number of nitrogens with two attached hydrogens (primary N) is 1. The molecule has 0 aromatic carbocycles. The highest BCUT2D eigenvalue weighted by atomic mass is 15.3. The van der Waals surface area contributed by atoms with Crippen LogP contribution in [0.25, 0.3) is 0 Å². The van der Waals surface area contributed by atoms with E-state index in [-0.39, 0.29) is 6.04 Å². The molecule has 1 aliphatic heterocycles. The number of nitrogens with zero attached hydrogens (tertiary/aromatic N) is 4. The van der Waals surface area contributed by atoms with Crippen molar-refractivity contribution < 1.29 is 0 Å². The van der Waals surface area contributed by atoms with Crippen molar-refractivity contribution >= 4 is 5.95 Å². The van der Waals surface area contributed by atoms with Gasteiger partial charge >= 0.3 is 0 Å². The molecule has 1 unspecified atom stereocenters. The molecule has 5 heteroatoms. The Balaban J connectivity index is 2.12. The second kappa shape index (κ2) is 6.30. The maximum atomic E-state index is 6.02. The van der Waals surface area contributed by atoms with Gasteiger partial charge in [-0.25, -0.2) is 9.97 Å². The van der Waals surface area contributed by atoms with E-state index in [0.29, 0.717) is 0 Å². The topological polar surface area (TPSA) is 58.3 Å². The van der Waals surface area contributed by atoms with Gasteiger partial charge in [-0.15, -0.1) is 0 Å². The van der Waals surface area contributed by atoms with Gasteiger partial charge in [-0.3, -0.25) is 0 Å². The van der Waals surface area contributed by atoms with Crippen molar-refractivity contribution in [1.82, 2.24) is 14.9 Å². The Labute approximate surface area is 115 Å². The highest BCUT2D eigenvalue weighted by Gasteiger charge is 2.17. The number of likely N-dealkylation sites (N-methyl/N-ethyl adjacent to an activating group) is 1. The van der Waals surface area contributed by atoms with Crippen LogP contribution < -0.4 is 10.6 Å². The summed E-state index contributed by atoms with van der Waals surface area (Å²) in [6.07, 6.45) is 1.81. The Morgan fingerprint density at radius 1 is 1.26 bits per heavy atom. The first kappa shape index (κ1) is 14.2. The molecule has 106 valence electrons. The van der Waals surface area contributed by atoms with Gasteiger partial charge in [-0.1, -0.05) is 6.92 Å². The van der Waals surface area contributed by atoms with Crippen LogP contribution in [0, 0.1) is 6.92 Å². The minimum absolute atomic E-state index is 0.189. The lowest BCUT2D eigenvalue weighted by Gasteiger charge is -2.32. The zero-order chi connectivity index (χ0) is 13.8. The van der Waals surface area contributed by atoms with E-state index in [9.17, 15) is 0 Å². The number of rotatable bonds is 4. The van der Waals surface area contributed by atoms with E-state index < -0.39 is 0 Å². The third kappa shape index (κ3) is 3.88. The van der Waals surface area contributed by atoms with Crippen molar-refractivity contribution in [1.29, 1.82) is 0 Å². The van der Waals surface area contributed by atoms with Gasteiger partial charge in [0.2, 0.25) is 5.95 Å². The molecule has 19 heavy (non-hydrogen) atoms. The zero-order valence-electron chi connectivity index (χ0n) is 12.3. The van der Waals surface area contributed by atoms with Gasteiger partial charge < -0.3 is 15.5 Å². The van der Waals surface area contributed by atoms with Crippen LogP contribution in [0.15, 0.2) is 6.07 Å². The van der Waals surface area contributed by atoms with E-state index in [1.54, 1.807) is 0 Å². The van der Waals surface area contributed by atoms with Crippen molar-refractivity contribution in [2.45, 2.75) is 32.7 Å². The summed E-state index contributed by atoms with van der Waals surface area (Å²) in [6.45, 7) is 8.28. The molecular formula is C14H25N5. The summed E-state index contributed by atoms with van der Waals surface area (Å²) >= 11 is 0. The summed E-state index contributed by atoms with van der Waals surface area (Å²) in [4.78, 5) is 13.9. The average Bonchev–Trinajstić information content (AvgIpc) is 2.38. The Kier molecular flexibility index (Phi) is 4.71. The van der Waals surface area contributed by atoms with Crippen LogP contribution in [0.5, 0.6) is 0 Å². The number of aromatic nitrogens is 2. The third-order valence-electron chi connectivity index (χ3n) is 3.68. The van der Waals surface area contributed by atoms with Gasteiger partial charge in [0, 0.05) is 50.0 Å². The quantitative estimate of drug-likeness (QED) is 0.871. The fourth-order valence-electron chi connectivity index (χ4n) is 2.28. The molecule has 5 nitrogen and oxygen atoms in total. The van der Waals surface area contributed by atoms with Gasteiger partial charge in [0.25, 0.3) is 0 Å². The van der Waals surface area contributed by atoms with E-state index in [4.69, 9.17) is 5.73 Å². The van der Waals surface area contributed by atoms with Crippen LogP contribution in [0.2, 0.25) is 0 Å². The molecule has 1 fully saturated rings. The molecule has 2 rings (SSSR count). The van der Waals surface area contributed by atoms with Crippen molar-refractivity contribution in [3.8, 4) is 0 Å². The lowest BCUT2D eigenvalue weighted by Crippen LogP contribution is -2.45. The van der Waals surface area contributed by atoms with Crippen molar-refractivity contribution in [2.75, 3.05) is 38.1 Å². The van der Waals surface area contributed by atoms with E-state index in [0.717, 1.165) is 56.4 Å². The smallest absolute Gasteiger partial charge is 0.225 e. The van der Waals surface area contributed by atoms with Gasteiger partial charge in [-0.2, -0.15) is 0 Å². The maximum absolute atomic E-state index is 6.02. The first-order valence-electron chi connectivity index (χ1n) is 7.12. The minimum atomic E-state index is 0.189. The summed E-state index contributed by atoms with van der Waals surface area (Å²) in [5, 5.41) is 0. The molecule has 1 saturated heterocycles. The summed E-state index contributed by atoms with van der Waals surface area (Å²) in [5.41, 5.74) is 8.12. The van der Waals surface area contributed by atoms with E-state index in [1.807, 2.05) is 6.92 Å². The van der Waals surface area contributed by atoms with E-state index in [1.165, 1.54) is 0 Å². The minimum Gasteiger partial charge on any atom is -0.338 e. The lowest BCUT2D eigenvalue weighted by molar-refractivity contribution is 0.311. The highest BCUT2D eigenvalue weighted by Crippen LogP contribution is 2.13. The predicted octanol–water partition coefficient (Wildman–Crippen LogP) is 0.817. The largest absolute Gasteiger partial charge is 0.338 e. The molecule has 1 aromatic heterocycles. The highest BCUT2D eigenvalue weighted by molar-refractivity contribution is 5.33. The number of piperazine rings is 1. The molecule has 1 atom stereocenters. The van der Waals surface area contributed by atoms with Crippen LogP contribution in [0.4, 0.5) is 5.95 Å².